The number of hydrogen-bond donors (Lipinski definition) is 3. The number of carbonyl (C=O) groups is 1. The molecule has 5 N–H and O–H groups in total. The fourth-order valence-corrected chi connectivity index (χ4v) is 0.455. The van der Waals surface area contributed by atoms with E-state index < -0.39 is 0 Å². The molecule has 0 aromatic heterocycles. The van der Waals surface area contributed by atoms with Gasteiger partial charge in [0.2, 0.25) is 0 Å². The molecule has 0 heterocycles. The number of hydrogen-bond acceptors (Lipinski definition) is 5. The maximum absolute atomic E-state index is 10.5. The Morgan fingerprint density at radius 2 is 1.91 bits per heavy atom. The predicted octanol–water partition coefficient (Wildman–Crippen LogP) is -0.544. The minimum absolute atomic E-state index is 0. The van der Waals surface area contributed by atoms with Crippen molar-refractivity contribution in [3.05, 3.63) is 0 Å². The Bertz CT molecular complexity index is 86.6. The van der Waals surface area contributed by atoms with Gasteiger partial charge >= 0.3 is 5.97 Å². The van der Waals surface area contributed by atoms with Gasteiger partial charge < -0.3 is 21.1 Å². The number of carbonyl (C=O) groups excluding carboxylic acids is 1. The van der Waals surface area contributed by atoms with Crippen molar-refractivity contribution in [1.29, 1.82) is 0 Å². The van der Waals surface area contributed by atoms with Crippen LogP contribution >= 0.6 is 0 Å². The van der Waals surface area contributed by atoms with E-state index in [-0.39, 0.29) is 38.4 Å². The van der Waals surface area contributed by atoms with Gasteiger partial charge in [-0.15, -0.1) is 0 Å². The lowest BCUT2D eigenvalue weighted by Gasteiger charge is -1.99. The van der Waals surface area contributed by atoms with Crippen molar-refractivity contribution in [2.75, 3.05) is 19.8 Å². The normalized spacial score (nSPS) is 8.55. The molecule has 68 valence electrons. The van der Waals surface area contributed by atoms with Crippen LogP contribution in [0.4, 0.5) is 0 Å². The number of esters is 1. The highest BCUT2D eigenvalue weighted by Crippen LogP contribution is 1.90. The van der Waals surface area contributed by atoms with E-state index in [0.717, 1.165) is 0 Å². The standard InChI is InChI=1S/C6H12O4.H3N/c7-3-1-2-6(9)10-5-4-8;/h7-8H,1-5H2;1H3. The average Bonchev–Trinajstić information content (AvgIpc) is 1.97. The number of ether oxygens (including phenoxy) is 1. The zero-order valence-electron chi connectivity index (χ0n) is 6.45. The number of aliphatic hydroxyl groups is 2. The maximum Gasteiger partial charge on any atom is 0.305 e. The summed E-state index contributed by atoms with van der Waals surface area (Å²) >= 11 is 0. The molecule has 0 fully saturated rings. The first kappa shape index (κ1) is 13.0. The number of rotatable bonds is 5. The van der Waals surface area contributed by atoms with Crippen molar-refractivity contribution in [2.24, 2.45) is 0 Å². The van der Waals surface area contributed by atoms with Gasteiger partial charge in [0.1, 0.15) is 6.61 Å². The van der Waals surface area contributed by atoms with Crippen LogP contribution in [-0.4, -0.2) is 36.0 Å². The van der Waals surface area contributed by atoms with E-state index in [1.165, 1.54) is 0 Å². The van der Waals surface area contributed by atoms with E-state index in [0.29, 0.717) is 6.42 Å². The molecule has 0 aromatic rings. The third kappa shape index (κ3) is 9.35. The van der Waals surface area contributed by atoms with Crippen molar-refractivity contribution in [3.63, 3.8) is 0 Å². The highest BCUT2D eigenvalue weighted by Gasteiger charge is 1.99. The van der Waals surface area contributed by atoms with Gasteiger partial charge in [0, 0.05) is 13.0 Å². The summed E-state index contributed by atoms with van der Waals surface area (Å²) in [6.45, 7) is -0.108. The molecule has 0 aliphatic heterocycles. The highest BCUT2D eigenvalue weighted by molar-refractivity contribution is 5.69. The van der Waals surface area contributed by atoms with E-state index >= 15 is 0 Å². The molecule has 0 aromatic carbocycles. The van der Waals surface area contributed by atoms with Crippen LogP contribution in [0.25, 0.3) is 0 Å². The summed E-state index contributed by atoms with van der Waals surface area (Å²) in [5.41, 5.74) is 0. The monoisotopic (exact) mass is 165 g/mol. The Morgan fingerprint density at radius 3 is 2.36 bits per heavy atom. The molecule has 0 saturated heterocycles. The molecule has 0 aliphatic carbocycles. The zero-order valence-corrected chi connectivity index (χ0v) is 6.45. The lowest BCUT2D eigenvalue weighted by molar-refractivity contribution is -0.144. The van der Waals surface area contributed by atoms with Crippen LogP contribution < -0.4 is 6.15 Å². The first-order valence-corrected chi connectivity index (χ1v) is 3.18. The Hall–Kier alpha value is -0.650. The van der Waals surface area contributed by atoms with Crippen molar-refractivity contribution < 1.29 is 19.7 Å². The molecule has 0 bridgehead atoms. The molecule has 0 saturated carbocycles. The van der Waals surface area contributed by atoms with Crippen LogP contribution in [0.5, 0.6) is 0 Å². The number of aliphatic hydroxyl groups excluding tert-OH is 2. The van der Waals surface area contributed by atoms with Crippen LogP contribution in [0.1, 0.15) is 12.8 Å². The molecule has 0 amide bonds. The van der Waals surface area contributed by atoms with Crippen LogP contribution in [0.3, 0.4) is 0 Å². The van der Waals surface area contributed by atoms with E-state index in [4.69, 9.17) is 10.2 Å². The lowest BCUT2D eigenvalue weighted by Crippen LogP contribution is -2.08. The Morgan fingerprint density at radius 1 is 1.27 bits per heavy atom. The second kappa shape index (κ2) is 9.35. The van der Waals surface area contributed by atoms with E-state index in [2.05, 4.69) is 4.74 Å². The molecule has 5 heteroatoms. The van der Waals surface area contributed by atoms with Gasteiger partial charge in [-0.2, -0.15) is 0 Å². The second-order valence-electron chi connectivity index (χ2n) is 1.77. The smallest absolute Gasteiger partial charge is 0.305 e. The zero-order chi connectivity index (χ0) is 7.82. The molecular weight excluding hydrogens is 150 g/mol. The Labute approximate surface area is 65.6 Å². The van der Waals surface area contributed by atoms with Crippen LogP contribution in [0, 0.1) is 0 Å². The third-order valence-electron chi connectivity index (χ3n) is 0.893. The summed E-state index contributed by atoms with van der Waals surface area (Å²) in [4.78, 5) is 10.5. The Kier molecular flexibility index (Phi) is 11.0. The molecule has 11 heavy (non-hydrogen) atoms. The highest BCUT2D eigenvalue weighted by atomic mass is 16.5. The fraction of sp³-hybridized carbons (Fsp3) is 0.833. The summed E-state index contributed by atoms with van der Waals surface area (Å²) in [5.74, 6) is -0.372. The van der Waals surface area contributed by atoms with Gasteiger partial charge in [0.15, 0.2) is 0 Å². The Balaban J connectivity index is 0. The minimum atomic E-state index is -0.372. The lowest BCUT2D eigenvalue weighted by atomic mass is 10.3. The maximum atomic E-state index is 10.5. The van der Waals surface area contributed by atoms with Crippen LogP contribution in [-0.2, 0) is 9.53 Å². The van der Waals surface area contributed by atoms with Crippen molar-refractivity contribution in [2.45, 2.75) is 12.8 Å². The largest absolute Gasteiger partial charge is 0.463 e. The van der Waals surface area contributed by atoms with Gasteiger partial charge in [-0.3, -0.25) is 4.79 Å². The van der Waals surface area contributed by atoms with Gasteiger partial charge in [-0.05, 0) is 6.42 Å². The molecule has 0 rings (SSSR count). The SMILES string of the molecule is N.O=C(CCCO)OCCO. The fourth-order valence-electron chi connectivity index (χ4n) is 0.455. The summed E-state index contributed by atoms with van der Waals surface area (Å²) in [5, 5.41) is 16.5. The van der Waals surface area contributed by atoms with E-state index in [9.17, 15) is 4.79 Å². The van der Waals surface area contributed by atoms with Crippen molar-refractivity contribution in [3.8, 4) is 0 Å². The quantitative estimate of drug-likeness (QED) is 0.475. The summed E-state index contributed by atoms with van der Waals surface area (Å²) < 4.78 is 4.49. The average molecular weight is 165 g/mol. The van der Waals surface area contributed by atoms with Crippen molar-refractivity contribution >= 4 is 5.97 Å². The summed E-state index contributed by atoms with van der Waals surface area (Å²) in [7, 11) is 0. The van der Waals surface area contributed by atoms with Gasteiger partial charge in [-0.25, -0.2) is 0 Å². The summed E-state index contributed by atoms with van der Waals surface area (Å²) in [6, 6.07) is 0. The molecule has 0 spiro atoms. The molecule has 5 nitrogen and oxygen atoms in total. The molecule has 0 aliphatic rings. The van der Waals surface area contributed by atoms with Gasteiger partial charge in [0.25, 0.3) is 0 Å². The minimum Gasteiger partial charge on any atom is -0.463 e. The molecule has 0 atom stereocenters. The van der Waals surface area contributed by atoms with Gasteiger partial charge in [-0.1, -0.05) is 0 Å². The second-order valence-corrected chi connectivity index (χ2v) is 1.77. The van der Waals surface area contributed by atoms with E-state index in [1.54, 1.807) is 0 Å². The van der Waals surface area contributed by atoms with E-state index in [1.807, 2.05) is 0 Å². The molecular formula is C6H15NO4. The first-order chi connectivity index (χ1) is 4.81. The van der Waals surface area contributed by atoms with Crippen LogP contribution in [0.2, 0.25) is 0 Å². The van der Waals surface area contributed by atoms with Crippen LogP contribution in [0.15, 0.2) is 0 Å². The van der Waals surface area contributed by atoms with Gasteiger partial charge in [0.05, 0.1) is 6.61 Å². The molecule has 0 unspecified atom stereocenters. The first-order valence-electron chi connectivity index (χ1n) is 3.18. The topological polar surface area (TPSA) is 102 Å². The predicted molar refractivity (Wildman–Crippen MR) is 39.4 cm³/mol. The summed E-state index contributed by atoms with van der Waals surface area (Å²) in [6.07, 6.45) is 0.640. The molecule has 0 radical (unpaired) electrons. The third-order valence-corrected chi connectivity index (χ3v) is 0.893. The van der Waals surface area contributed by atoms with Crippen molar-refractivity contribution in [1.82, 2.24) is 6.15 Å².